The Bertz CT molecular complexity index is 230. The number of amides is 1. The summed E-state index contributed by atoms with van der Waals surface area (Å²) in [4.78, 5) is 22.5. The molecule has 1 fully saturated rings. The number of alkyl halides is 1. The van der Waals surface area contributed by atoms with E-state index in [0.717, 1.165) is 12.8 Å². The van der Waals surface area contributed by atoms with Crippen LogP contribution in [0.2, 0.25) is 0 Å². The number of nitrogens with one attached hydrogen (secondary N) is 1. The van der Waals surface area contributed by atoms with Gasteiger partial charge in [-0.3, -0.25) is 9.59 Å². The van der Waals surface area contributed by atoms with E-state index < -0.39 is 5.38 Å². The molecule has 1 aliphatic heterocycles. The summed E-state index contributed by atoms with van der Waals surface area (Å²) in [7, 11) is 0. The van der Waals surface area contributed by atoms with E-state index in [4.69, 9.17) is 11.6 Å². The Morgan fingerprint density at radius 1 is 1.71 bits per heavy atom. The van der Waals surface area contributed by atoms with Crippen molar-refractivity contribution in [2.24, 2.45) is 0 Å². The van der Waals surface area contributed by atoms with Gasteiger partial charge in [0.25, 0.3) is 0 Å². The largest absolute Gasteiger partial charge is 0.346 e. The summed E-state index contributed by atoms with van der Waals surface area (Å²) in [6, 6.07) is -0.332. The van der Waals surface area contributed by atoms with Crippen LogP contribution in [0.1, 0.15) is 39.0 Å². The predicted molar refractivity (Wildman–Crippen MR) is 55.3 cm³/mol. The zero-order valence-corrected chi connectivity index (χ0v) is 9.14. The molecule has 1 heterocycles. The molecule has 0 aliphatic carbocycles. The number of Topliss-reactive ketones (excluding diaryl/α,β-unsaturated/α-hetero) is 1. The molecule has 0 radical (unpaired) electrons. The second kappa shape index (κ2) is 5.35. The molecule has 2 atom stereocenters. The van der Waals surface area contributed by atoms with Crippen molar-refractivity contribution < 1.29 is 9.59 Å². The van der Waals surface area contributed by atoms with E-state index in [2.05, 4.69) is 12.2 Å². The normalized spacial score (nSPS) is 23.3. The van der Waals surface area contributed by atoms with Gasteiger partial charge in [-0.1, -0.05) is 19.8 Å². The molecule has 1 amide bonds. The number of carbonyl (C=O) groups excluding carboxylic acids is 2. The minimum Gasteiger partial charge on any atom is -0.346 e. The van der Waals surface area contributed by atoms with Crippen molar-refractivity contribution >= 4 is 23.3 Å². The average Bonchev–Trinajstić information content (AvgIpc) is 2.60. The van der Waals surface area contributed by atoms with Crippen LogP contribution >= 0.6 is 11.6 Å². The van der Waals surface area contributed by atoms with Crippen LogP contribution in [0.3, 0.4) is 0 Å². The Kier molecular flexibility index (Phi) is 4.39. The average molecular weight is 218 g/mol. The number of rotatable bonds is 5. The maximum atomic E-state index is 11.7. The quantitative estimate of drug-likeness (QED) is 0.712. The highest BCUT2D eigenvalue weighted by molar-refractivity contribution is 6.32. The summed E-state index contributed by atoms with van der Waals surface area (Å²) in [6.45, 7) is 2.06. The second-order valence-electron chi connectivity index (χ2n) is 3.67. The number of unbranched alkanes of at least 4 members (excludes halogenated alkanes) is 1. The van der Waals surface area contributed by atoms with Crippen LogP contribution in [-0.2, 0) is 9.59 Å². The van der Waals surface area contributed by atoms with Gasteiger partial charge >= 0.3 is 0 Å². The van der Waals surface area contributed by atoms with Crippen molar-refractivity contribution in [3.8, 4) is 0 Å². The van der Waals surface area contributed by atoms with Crippen LogP contribution in [0.25, 0.3) is 0 Å². The molecule has 1 N–H and O–H groups in total. The minimum atomic E-state index is -0.432. The molecular formula is C10H16ClNO2. The van der Waals surface area contributed by atoms with Crippen molar-refractivity contribution in [2.75, 3.05) is 0 Å². The summed E-state index contributed by atoms with van der Waals surface area (Å²) in [6.07, 6.45) is 3.76. The van der Waals surface area contributed by atoms with E-state index in [0.29, 0.717) is 19.3 Å². The zero-order valence-electron chi connectivity index (χ0n) is 8.38. The van der Waals surface area contributed by atoms with Crippen LogP contribution in [0.15, 0.2) is 0 Å². The van der Waals surface area contributed by atoms with Gasteiger partial charge in [-0.25, -0.2) is 0 Å². The van der Waals surface area contributed by atoms with Gasteiger partial charge in [-0.05, 0) is 12.8 Å². The standard InChI is InChI=1S/C10H16ClNO2/c1-2-3-4-7(11)10(14)8-5-6-9(13)12-8/h7-8H,2-6H2,1H3,(H,12,13)/t7?,8-/m0/s1. The van der Waals surface area contributed by atoms with Crippen molar-refractivity contribution in [1.82, 2.24) is 5.32 Å². The van der Waals surface area contributed by atoms with Crippen molar-refractivity contribution in [1.29, 1.82) is 0 Å². The summed E-state index contributed by atoms with van der Waals surface area (Å²) >= 11 is 5.94. The molecular weight excluding hydrogens is 202 g/mol. The number of hydrogen-bond acceptors (Lipinski definition) is 2. The van der Waals surface area contributed by atoms with Crippen molar-refractivity contribution in [3.05, 3.63) is 0 Å². The topological polar surface area (TPSA) is 46.2 Å². The molecule has 0 spiro atoms. The molecule has 0 aromatic heterocycles. The highest BCUT2D eigenvalue weighted by Gasteiger charge is 2.30. The SMILES string of the molecule is CCCCC(Cl)C(=O)[C@@H]1CCC(=O)N1. The smallest absolute Gasteiger partial charge is 0.220 e. The maximum absolute atomic E-state index is 11.7. The molecule has 0 aromatic rings. The van der Waals surface area contributed by atoms with Crippen LogP contribution in [0.5, 0.6) is 0 Å². The van der Waals surface area contributed by atoms with Crippen LogP contribution in [0, 0.1) is 0 Å². The van der Waals surface area contributed by atoms with Gasteiger partial charge in [0, 0.05) is 6.42 Å². The van der Waals surface area contributed by atoms with Crippen molar-refractivity contribution in [2.45, 2.75) is 50.4 Å². The molecule has 1 aliphatic rings. The van der Waals surface area contributed by atoms with E-state index in [1.807, 2.05) is 0 Å². The molecule has 0 saturated carbocycles. The van der Waals surface area contributed by atoms with E-state index in [1.165, 1.54) is 0 Å². The van der Waals surface area contributed by atoms with Gasteiger partial charge in [0.05, 0.1) is 11.4 Å². The number of hydrogen-bond donors (Lipinski definition) is 1. The summed E-state index contributed by atoms with van der Waals surface area (Å²) in [5, 5.41) is 2.21. The van der Waals surface area contributed by atoms with E-state index in [-0.39, 0.29) is 17.7 Å². The molecule has 0 aromatic carbocycles. The maximum Gasteiger partial charge on any atom is 0.220 e. The molecule has 0 bridgehead atoms. The first-order valence-corrected chi connectivity index (χ1v) is 5.56. The number of ketones is 1. The third-order valence-electron chi connectivity index (χ3n) is 2.46. The van der Waals surface area contributed by atoms with Gasteiger partial charge < -0.3 is 5.32 Å². The molecule has 1 rings (SSSR count). The highest BCUT2D eigenvalue weighted by atomic mass is 35.5. The minimum absolute atomic E-state index is 0.0223. The van der Waals surface area contributed by atoms with Crippen LogP contribution < -0.4 is 5.32 Å². The molecule has 14 heavy (non-hydrogen) atoms. The molecule has 1 unspecified atom stereocenters. The monoisotopic (exact) mass is 217 g/mol. The van der Waals surface area contributed by atoms with Gasteiger partial charge in [-0.2, -0.15) is 0 Å². The number of halogens is 1. The first-order chi connectivity index (χ1) is 6.65. The fourth-order valence-electron chi connectivity index (χ4n) is 1.57. The molecule has 80 valence electrons. The fraction of sp³-hybridized carbons (Fsp3) is 0.800. The Hall–Kier alpha value is -0.570. The zero-order chi connectivity index (χ0) is 10.6. The lowest BCUT2D eigenvalue weighted by atomic mass is 10.0. The van der Waals surface area contributed by atoms with Gasteiger partial charge in [0.2, 0.25) is 5.91 Å². The molecule has 1 saturated heterocycles. The highest BCUT2D eigenvalue weighted by Crippen LogP contribution is 2.16. The van der Waals surface area contributed by atoms with Crippen LogP contribution in [0.4, 0.5) is 0 Å². The molecule has 4 heteroatoms. The van der Waals surface area contributed by atoms with Gasteiger partial charge in [0.15, 0.2) is 5.78 Å². The second-order valence-corrected chi connectivity index (χ2v) is 4.20. The van der Waals surface area contributed by atoms with Gasteiger partial charge in [-0.15, -0.1) is 11.6 Å². The van der Waals surface area contributed by atoms with E-state index >= 15 is 0 Å². The lowest BCUT2D eigenvalue weighted by Gasteiger charge is -2.13. The summed E-state index contributed by atoms with van der Waals surface area (Å²) < 4.78 is 0. The fourth-order valence-corrected chi connectivity index (χ4v) is 1.88. The van der Waals surface area contributed by atoms with Crippen LogP contribution in [-0.4, -0.2) is 23.1 Å². The Labute approximate surface area is 89.2 Å². The van der Waals surface area contributed by atoms with Gasteiger partial charge in [0.1, 0.15) is 0 Å². The summed E-state index contributed by atoms with van der Waals surface area (Å²) in [5.41, 5.74) is 0. The van der Waals surface area contributed by atoms with Crippen molar-refractivity contribution in [3.63, 3.8) is 0 Å². The third-order valence-corrected chi connectivity index (χ3v) is 2.89. The lowest BCUT2D eigenvalue weighted by molar-refractivity contribution is -0.124. The third kappa shape index (κ3) is 2.98. The Morgan fingerprint density at radius 2 is 2.43 bits per heavy atom. The lowest BCUT2D eigenvalue weighted by Crippen LogP contribution is -2.37. The molecule has 3 nitrogen and oxygen atoms in total. The predicted octanol–water partition coefficient (Wildman–Crippen LogP) is 1.63. The Balaban J connectivity index is 2.36. The van der Waals surface area contributed by atoms with E-state index in [9.17, 15) is 9.59 Å². The van der Waals surface area contributed by atoms with E-state index in [1.54, 1.807) is 0 Å². The number of carbonyl (C=O) groups is 2. The summed E-state index contributed by atoms with van der Waals surface area (Å²) in [5.74, 6) is -0.0614. The first kappa shape index (κ1) is 11.5. The first-order valence-electron chi connectivity index (χ1n) is 5.12. The Morgan fingerprint density at radius 3 is 2.93 bits per heavy atom.